The normalized spacial score (nSPS) is 14.9. The van der Waals surface area contributed by atoms with Crippen molar-refractivity contribution in [2.75, 3.05) is 0 Å². The molecule has 0 radical (unpaired) electrons. The zero-order valence-electron chi connectivity index (χ0n) is 17.8. The van der Waals surface area contributed by atoms with Gasteiger partial charge in [0.15, 0.2) is 0 Å². The molecular formula is C26H16BrClN2O4. The number of nitrogens with two attached hydrogens (primary N) is 1. The quantitative estimate of drug-likeness (QED) is 0.235. The van der Waals surface area contributed by atoms with Gasteiger partial charge in [-0.15, -0.1) is 0 Å². The van der Waals surface area contributed by atoms with Crippen LogP contribution in [0.4, 0.5) is 0 Å². The van der Waals surface area contributed by atoms with Gasteiger partial charge in [0.05, 0.1) is 5.92 Å². The minimum absolute atomic E-state index is 0.00266. The van der Waals surface area contributed by atoms with Gasteiger partial charge in [-0.2, -0.15) is 5.26 Å². The van der Waals surface area contributed by atoms with Gasteiger partial charge in [-0.25, -0.2) is 4.79 Å². The summed E-state index contributed by atoms with van der Waals surface area (Å²) in [6.45, 7) is 1.80. The molecule has 1 aliphatic rings. The van der Waals surface area contributed by atoms with Crippen LogP contribution in [0.25, 0.3) is 11.0 Å². The number of nitriles is 1. The number of carbonyl (C=O) groups excluding carboxylic acids is 1. The second kappa shape index (κ2) is 8.56. The van der Waals surface area contributed by atoms with Crippen molar-refractivity contribution in [3.63, 3.8) is 0 Å². The molecule has 4 aromatic rings. The molecule has 1 atom stereocenters. The van der Waals surface area contributed by atoms with Gasteiger partial charge in [0.1, 0.15) is 28.7 Å². The molecule has 1 aliphatic heterocycles. The third kappa shape index (κ3) is 3.81. The van der Waals surface area contributed by atoms with Gasteiger partial charge in [-0.3, -0.25) is 0 Å². The summed E-state index contributed by atoms with van der Waals surface area (Å²) < 4.78 is 17.9. The van der Waals surface area contributed by atoms with E-state index >= 15 is 0 Å². The number of fused-ring (bicyclic) bond motifs is 2. The Morgan fingerprint density at radius 3 is 2.65 bits per heavy atom. The average molecular weight is 536 g/mol. The Labute approximate surface area is 208 Å². The van der Waals surface area contributed by atoms with E-state index in [1.165, 1.54) is 0 Å². The second-order valence-corrected chi connectivity index (χ2v) is 9.11. The highest BCUT2D eigenvalue weighted by atomic mass is 79.9. The fraction of sp³-hybridized carbons (Fsp3) is 0.0769. The fourth-order valence-corrected chi connectivity index (χ4v) is 4.51. The van der Waals surface area contributed by atoms with E-state index in [9.17, 15) is 10.1 Å². The van der Waals surface area contributed by atoms with E-state index in [1.54, 1.807) is 43.3 Å². The van der Waals surface area contributed by atoms with E-state index in [0.717, 1.165) is 21.0 Å². The van der Waals surface area contributed by atoms with Crippen molar-refractivity contribution in [3.05, 3.63) is 104 Å². The van der Waals surface area contributed by atoms with Crippen LogP contribution < -0.4 is 15.2 Å². The van der Waals surface area contributed by atoms with E-state index < -0.39 is 11.9 Å². The molecule has 1 aromatic heterocycles. The molecule has 2 heterocycles. The number of rotatable bonds is 3. The number of furan rings is 1. The topological polar surface area (TPSA) is 98.5 Å². The molecule has 8 heteroatoms. The van der Waals surface area contributed by atoms with E-state index in [4.69, 9.17) is 31.2 Å². The first kappa shape index (κ1) is 22.1. The highest BCUT2D eigenvalue weighted by Crippen LogP contribution is 2.43. The lowest BCUT2D eigenvalue weighted by molar-refractivity contribution is 0.0702. The summed E-state index contributed by atoms with van der Waals surface area (Å²) in [4.78, 5) is 12.9. The Morgan fingerprint density at radius 2 is 1.91 bits per heavy atom. The molecule has 0 aliphatic carbocycles. The van der Waals surface area contributed by atoms with E-state index in [1.807, 2.05) is 24.3 Å². The summed E-state index contributed by atoms with van der Waals surface area (Å²) in [5.74, 6) is -0.295. The third-order valence-corrected chi connectivity index (χ3v) is 6.44. The summed E-state index contributed by atoms with van der Waals surface area (Å²) in [5.41, 5.74) is 9.19. The standard InChI is InChI=1S/C26H16BrClN2O4/c1-13-18-8-4-15(27)10-21(18)33-24(13)26(31)32-17-7-9-19-22(11-17)34-25(30)20(12-29)23(19)14-2-5-16(28)6-3-14/h2-11,23H,30H2,1H3. The van der Waals surface area contributed by atoms with E-state index in [-0.39, 0.29) is 17.4 Å². The molecule has 0 spiro atoms. The fourth-order valence-electron chi connectivity index (χ4n) is 4.04. The van der Waals surface area contributed by atoms with Crippen LogP contribution in [0.1, 0.15) is 33.2 Å². The molecule has 168 valence electrons. The average Bonchev–Trinajstić information content (AvgIpc) is 3.14. The van der Waals surface area contributed by atoms with Crippen LogP contribution in [0.3, 0.4) is 0 Å². The number of allylic oxidation sites excluding steroid dienone is 1. The van der Waals surface area contributed by atoms with Crippen LogP contribution in [-0.4, -0.2) is 5.97 Å². The molecule has 2 N–H and O–H groups in total. The Morgan fingerprint density at radius 1 is 1.15 bits per heavy atom. The Hall–Kier alpha value is -3.73. The number of hydrogen-bond donors (Lipinski definition) is 1. The summed E-state index contributed by atoms with van der Waals surface area (Å²) in [6, 6.07) is 19.8. The molecule has 6 nitrogen and oxygen atoms in total. The van der Waals surface area contributed by atoms with Crippen LogP contribution in [0.15, 0.2) is 81.0 Å². The summed E-state index contributed by atoms with van der Waals surface area (Å²) in [5, 5.41) is 11.1. The van der Waals surface area contributed by atoms with Gasteiger partial charge in [0, 0.05) is 32.1 Å². The zero-order valence-corrected chi connectivity index (χ0v) is 20.1. The Kier molecular flexibility index (Phi) is 5.56. The smallest absolute Gasteiger partial charge is 0.379 e. The number of benzene rings is 3. The second-order valence-electron chi connectivity index (χ2n) is 7.76. The number of aryl methyl sites for hydroxylation is 1. The molecule has 1 unspecified atom stereocenters. The van der Waals surface area contributed by atoms with Gasteiger partial charge >= 0.3 is 5.97 Å². The van der Waals surface area contributed by atoms with E-state index in [2.05, 4.69) is 22.0 Å². The van der Waals surface area contributed by atoms with Crippen molar-refractivity contribution in [2.24, 2.45) is 5.73 Å². The molecule has 0 bridgehead atoms. The molecule has 3 aromatic carbocycles. The predicted octanol–water partition coefficient (Wildman–Crippen LogP) is 6.59. The van der Waals surface area contributed by atoms with Crippen molar-refractivity contribution >= 4 is 44.5 Å². The maximum atomic E-state index is 12.9. The number of halogens is 2. The number of nitrogens with zero attached hydrogens (tertiary/aromatic N) is 1. The first-order valence-electron chi connectivity index (χ1n) is 10.2. The van der Waals surface area contributed by atoms with Crippen LogP contribution in [0.2, 0.25) is 5.02 Å². The van der Waals surface area contributed by atoms with Crippen molar-refractivity contribution in [1.29, 1.82) is 5.26 Å². The molecule has 0 saturated heterocycles. The van der Waals surface area contributed by atoms with Crippen molar-refractivity contribution in [1.82, 2.24) is 0 Å². The Balaban J connectivity index is 1.49. The number of carbonyl (C=O) groups is 1. The van der Waals surface area contributed by atoms with Crippen molar-refractivity contribution < 1.29 is 18.7 Å². The third-order valence-electron chi connectivity index (χ3n) is 5.69. The zero-order chi connectivity index (χ0) is 24.0. The molecule has 5 rings (SSSR count). The number of hydrogen-bond acceptors (Lipinski definition) is 6. The summed E-state index contributed by atoms with van der Waals surface area (Å²) >= 11 is 9.43. The molecule has 0 fully saturated rings. The minimum Gasteiger partial charge on any atom is -0.449 e. The lowest BCUT2D eigenvalue weighted by Gasteiger charge is -2.26. The van der Waals surface area contributed by atoms with Crippen LogP contribution in [0.5, 0.6) is 11.5 Å². The number of ether oxygens (including phenoxy) is 2. The van der Waals surface area contributed by atoms with E-state index in [0.29, 0.717) is 27.5 Å². The SMILES string of the molecule is Cc1c(C(=O)Oc2ccc3c(c2)OC(N)=C(C#N)C3c2ccc(Cl)cc2)oc2cc(Br)ccc12. The first-order valence-corrected chi connectivity index (χ1v) is 11.4. The Bertz CT molecular complexity index is 1530. The number of esters is 1. The van der Waals surface area contributed by atoms with Crippen molar-refractivity contribution in [3.8, 4) is 17.6 Å². The molecular weight excluding hydrogens is 520 g/mol. The van der Waals surface area contributed by atoms with Gasteiger partial charge < -0.3 is 19.6 Å². The van der Waals surface area contributed by atoms with Gasteiger partial charge in [0.25, 0.3) is 0 Å². The maximum Gasteiger partial charge on any atom is 0.379 e. The largest absolute Gasteiger partial charge is 0.449 e. The summed E-state index contributed by atoms with van der Waals surface area (Å²) in [7, 11) is 0. The maximum absolute atomic E-state index is 12.9. The van der Waals surface area contributed by atoms with Gasteiger partial charge in [-0.1, -0.05) is 45.7 Å². The van der Waals surface area contributed by atoms with Crippen molar-refractivity contribution in [2.45, 2.75) is 12.8 Å². The predicted molar refractivity (Wildman–Crippen MR) is 131 cm³/mol. The van der Waals surface area contributed by atoms with Crippen LogP contribution in [-0.2, 0) is 0 Å². The molecule has 0 amide bonds. The lowest BCUT2D eigenvalue weighted by Crippen LogP contribution is -2.21. The van der Waals surface area contributed by atoms with Crippen LogP contribution in [0, 0.1) is 18.3 Å². The monoisotopic (exact) mass is 534 g/mol. The van der Waals surface area contributed by atoms with Gasteiger partial charge in [0.2, 0.25) is 11.6 Å². The first-order chi connectivity index (χ1) is 16.4. The molecule has 0 saturated carbocycles. The highest BCUT2D eigenvalue weighted by Gasteiger charge is 2.31. The lowest BCUT2D eigenvalue weighted by atomic mass is 9.83. The van der Waals surface area contributed by atoms with Gasteiger partial charge in [-0.05, 0) is 48.9 Å². The minimum atomic E-state index is -0.629. The highest BCUT2D eigenvalue weighted by molar-refractivity contribution is 9.10. The summed E-state index contributed by atoms with van der Waals surface area (Å²) in [6.07, 6.45) is 0. The van der Waals surface area contributed by atoms with Crippen LogP contribution >= 0.6 is 27.5 Å². The molecule has 34 heavy (non-hydrogen) atoms.